The van der Waals surface area contributed by atoms with Gasteiger partial charge < -0.3 is 4.52 Å². The minimum Gasteiger partial charge on any atom is -0.360 e. The Morgan fingerprint density at radius 1 is 1.33 bits per heavy atom. The maximum Gasteiger partial charge on any atom is 0.416 e. The van der Waals surface area contributed by atoms with Crippen LogP contribution in [0.2, 0.25) is 0 Å². The Kier molecular flexibility index (Phi) is 4.71. The zero-order valence-electron chi connectivity index (χ0n) is 13.0. The Morgan fingerprint density at radius 2 is 2.08 bits per heavy atom. The van der Waals surface area contributed by atoms with Crippen molar-refractivity contribution in [3.05, 3.63) is 46.8 Å². The third-order valence-corrected chi connectivity index (χ3v) is 5.07. The van der Waals surface area contributed by atoms with E-state index in [-0.39, 0.29) is 17.3 Å². The van der Waals surface area contributed by atoms with Crippen LogP contribution in [0.15, 0.2) is 33.8 Å². The van der Waals surface area contributed by atoms with E-state index in [1.807, 2.05) is 6.92 Å². The van der Waals surface area contributed by atoms with E-state index >= 15 is 0 Å². The summed E-state index contributed by atoms with van der Waals surface area (Å²) in [4.78, 5) is 13.2. The molecule has 0 spiro atoms. The third-order valence-electron chi connectivity index (χ3n) is 3.81. The molecule has 0 saturated heterocycles. The number of carbonyl (C=O) groups is 1. The normalized spacial score (nSPS) is 14.8. The van der Waals surface area contributed by atoms with Crippen LogP contribution in [0.5, 0.6) is 0 Å². The summed E-state index contributed by atoms with van der Waals surface area (Å²) in [5.74, 6) is 1.06. The number of nitrogens with zero attached hydrogens (tertiary/aromatic N) is 1. The summed E-state index contributed by atoms with van der Waals surface area (Å²) in [5, 5.41) is 3.70. The SMILES string of the molecule is CCCSc1cc(C(F)(F)F)ccc1C(=O)c1cnoc1C1CC1. The molecular weight excluding hydrogens is 339 g/mol. The van der Waals surface area contributed by atoms with Gasteiger partial charge in [-0.2, -0.15) is 13.2 Å². The van der Waals surface area contributed by atoms with Gasteiger partial charge in [0.15, 0.2) is 11.5 Å². The monoisotopic (exact) mass is 355 g/mol. The minimum atomic E-state index is -4.43. The molecule has 0 radical (unpaired) electrons. The van der Waals surface area contributed by atoms with Gasteiger partial charge in [-0.1, -0.05) is 12.1 Å². The zero-order chi connectivity index (χ0) is 17.3. The first-order valence-electron chi connectivity index (χ1n) is 7.75. The number of thioether (sulfide) groups is 1. The van der Waals surface area contributed by atoms with Gasteiger partial charge >= 0.3 is 6.18 Å². The summed E-state index contributed by atoms with van der Waals surface area (Å²) in [5.41, 5.74) is -0.118. The van der Waals surface area contributed by atoms with Crippen molar-refractivity contribution in [1.29, 1.82) is 0 Å². The third kappa shape index (κ3) is 3.50. The summed E-state index contributed by atoms with van der Waals surface area (Å²) in [6.07, 6.45) is -0.379. The first-order valence-corrected chi connectivity index (χ1v) is 8.73. The summed E-state index contributed by atoms with van der Waals surface area (Å²) in [7, 11) is 0. The van der Waals surface area contributed by atoms with Crippen LogP contribution >= 0.6 is 11.8 Å². The van der Waals surface area contributed by atoms with Gasteiger partial charge in [0.1, 0.15) is 0 Å². The van der Waals surface area contributed by atoms with Crippen LogP contribution in [0.1, 0.15) is 59.3 Å². The Bertz CT molecular complexity index is 751. The number of aromatic nitrogens is 1. The van der Waals surface area contributed by atoms with Crippen LogP contribution in [-0.2, 0) is 6.18 Å². The number of carbonyl (C=O) groups excluding carboxylic acids is 1. The van der Waals surface area contributed by atoms with Crippen molar-refractivity contribution in [1.82, 2.24) is 5.16 Å². The number of ketones is 1. The van der Waals surface area contributed by atoms with E-state index < -0.39 is 11.7 Å². The van der Waals surface area contributed by atoms with Crippen LogP contribution < -0.4 is 0 Å². The van der Waals surface area contributed by atoms with Crippen molar-refractivity contribution in [2.24, 2.45) is 0 Å². The lowest BCUT2D eigenvalue weighted by Gasteiger charge is -2.12. The van der Waals surface area contributed by atoms with Crippen LogP contribution in [0, 0.1) is 0 Å². The molecule has 1 aliphatic rings. The van der Waals surface area contributed by atoms with E-state index in [1.165, 1.54) is 24.0 Å². The highest BCUT2D eigenvalue weighted by atomic mass is 32.2. The predicted molar refractivity (Wildman–Crippen MR) is 84.4 cm³/mol. The molecule has 1 saturated carbocycles. The molecule has 2 aromatic rings. The maximum absolute atomic E-state index is 13.0. The maximum atomic E-state index is 13.0. The fourth-order valence-corrected chi connectivity index (χ4v) is 3.37. The molecule has 1 aliphatic carbocycles. The highest BCUT2D eigenvalue weighted by Crippen LogP contribution is 2.42. The van der Waals surface area contributed by atoms with Gasteiger partial charge in [0.05, 0.1) is 17.3 Å². The Labute approximate surface area is 141 Å². The van der Waals surface area contributed by atoms with Gasteiger partial charge in [0.25, 0.3) is 0 Å². The van der Waals surface area contributed by atoms with Gasteiger partial charge in [-0.15, -0.1) is 11.8 Å². The van der Waals surface area contributed by atoms with E-state index in [1.54, 1.807) is 0 Å². The second-order valence-electron chi connectivity index (χ2n) is 5.76. The van der Waals surface area contributed by atoms with Crippen molar-refractivity contribution in [2.75, 3.05) is 5.75 Å². The first-order chi connectivity index (χ1) is 11.4. The fraction of sp³-hybridized carbons (Fsp3) is 0.412. The molecule has 0 atom stereocenters. The smallest absolute Gasteiger partial charge is 0.360 e. The van der Waals surface area contributed by atoms with E-state index in [0.29, 0.717) is 22.0 Å². The van der Waals surface area contributed by atoms with Crippen molar-refractivity contribution in [2.45, 2.75) is 43.2 Å². The molecule has 0 bridgehead atoms. The lowest BCUT2D eigenvalue weighted by atomic mass is 10.0. The highest BCUT2D eigenvalue weighted by molar-refractivity contribution is 7.99. The molecule has 0 aliphatic heterocycles. The molecule has 1 aromatic carbocycles. The Balaban J connectivity index is 1.98. The average Bonchev–Trinajstić information content (AvgIpc) is 3.28. The van der Waals surface area contributed by atoms with E-state index in [9.17, 15) is 18.0 Å². The number of halogens is 3. The number of rotatable bonds is 6. The van der Waals surface area contributed by atoms with Crippen LogP contribution in [0.25, 0.3) is 0 Å². The second-order valence-corrected chi connectivity index (χ2v) is 6.90. The lowest BCUT2D eigenvalue weighted by molar-refractivity contribution is -0.137. The number of benzene rings is 1. The van der Waals surface area contributed by atoms with Crippen molar-refractivity contribution in [3.63, 3.8) is 0 Å². The summed E-state index contributed by atoms with van der Waals surface area (Å²) < 4.78 is 44.0. The van der Waals surface area contributed by atoms with E-state index in [2.05, 4.69) is 5.16 Å². The summed E-state index contributed by atoms with van der Waals surface area (Å²) in [6.45, 7) is 1.94. The molecule has 1 fully saturated rings. The molecule has 128 valence electrons. The molecule has 1 heterocycles. The van der Waals surface area contributed by atoms with Crippen LogP contribution in [-0.4, -0.2) is 16.7 Å². The average molecular weight is 355 g/mol. The van der Waals surface area contributed by atoms with Crippen molar-refractivity contribution < 1.29 is 22.5 Å². The zero-order valence-corrected chi connectivity index (χ0v) is 13.8. The molecule has 24 heavy (non-hydrogen) atoms. The van der Waals surface area contributed by atoms with Gasteiger partial charge in [-0.25, -0.2) is 0 Å². The number of hydrogen-bond acceptors (Lipinski definition) is 4. The topological polar surface area (TPSA) is 43.1 Å². The summed E-state index contributed by atoms with van der Waals surface area (Å²) >= 11 is 1.26. The second kappa shape index (κ2) is 6.63. The fourth-order valence-electron chi connectivity index (χ4n) is 2.42. The van der Waals surface area contributed by atoms with Gasteiger partial charge in [-0.3, -0.25) is 4.79 Å². The van der Waals surface area contributed by atoms with E-state index in [4.69, 9.17) is 4.52 Å². The van der Waals surface area contributed by atoms with Crippen LogP contribution in [0.4, 0.5) is 13.2 Å². The summed E-state index contributed by atoms with van der Waals surface area (Å²) in [6, 6.07) is 3.26. The van der Waals surface area contributed by atoms with Crippen LogP contribution in [0.3, 0.4) is 0 Å². The molecule has 0 unspecified atom stereocenters. The van der Waals surface area contributed by atoms with Gasteiger partial charge in [-0.05, 0) is 43.2 Å². The standard InChI is InChI=1S/C17H16F3NO2S/c1-2-7-24-14-8-11(17(18,19)20)5-6-12(14)15(22)13-9-21-23-16(13)10-3-4-10/h5-6,8-10H,2-4,7H2,1H3. The predicted octanol–water partition coefficient (Wildman–Crippen LogP) is 5.30. The van der Waals surface area contributed by atoms with Gasteiger partial charge in [0.2, 0.25) is 0 Å². The molecule has 1 aromatic heterocycles. The highest BCUT2D eigenvalue weighted by Gasteiger charge is 2.34. The molecule has 3 nitrogen and oxygen atoms in total. The van der Waals surface area contributed by atoms with Gasteiger partial charge in [0, 0.05) is 16.4 Å². The Hall–Kier alpha value is -1.76. The van der Waals surface area contributed by atoms with E-state index in [0.717, 1.165) is 31.4 Å². The minimum absolute atomic E-state index is 0.202. The molecule has 0 N–H and O–H groups in total. The first kappa shape index (κ1) is 17.1. The molecule has 7 heteroatoms. The van der Waals surface area contributed by atoms with Crippen molar-refractivity contribution in [3.8, 4) is 0 Å². The lowest BCUT2D eigenvalue weighted by Crippen LogP contribution is -2.09. The molecular formula is C17H16F3NO2S. The Morgan fingerprint density at radius 3 is 2.71 bits per heavy atom. The molecule has 0 amide bonds. The quantitative estimate of drug-likeness (QED) is 0.521. The molecule has 3 rings (SSSR count). The van der Waals surface area contributed by atoms with Crippen molar-refractivity contribution >= 4 is 17.5 Å². The largest absolute Gasteiger partial charge is 0.416 e. The number of hydrogen-bond donors (Lipinski definition) is 0. The number of alkyl halides is 3.